The van der Waals surface area contributed by atoms with Crippen LogP contribution in [0.5, 0.6) is 0 Å². The molecule has 1 aromatic carbocycles. The molecule has 2 amide bonds. The molecule has 25 heavy (non-hydrogen) atoms. The van der Waals surface area contributed by atoms with E-state index in [0.717, 1.165) is 6.42 Å². The van der Waals surface area contributed by atoms with Gasteiger partial charge in [-0.3, -0.25) is 19.7 Å². The van der Waals surface area contributed by atoms with E-state index in [1.54, 1.807) is 15.9 Å². The van der Waals surface area contributed by atoms with E-state index < -0.39 is 4.92 Å². The van der Waals surface area contributed by atoms with Crippen molar-refractivity contribution in [1.82, 2.24) is 9.80 Å². The minimum atomic E-state index is -0.502. The first-order chi connectivity index (χ1) is 11.8. The van der Waals surface area contributed by atoms with Crippen LogP contribution in [0.4, 0.5) is 5.69 Å². The van der Waals surface area contributed by atoms with Crippen molar-refractivity contribution in [2.24, 2.45) is 5.92 Å². The topological polar surface area (TPSA) is 83.8 Å². The summed E-state index contributed by atoms with van der Waals surface area (Å²) >= 11 is 2.01. The molecule has 1 fully saturated rings. The van der Waals surface area contributed by atoms with Crippen molar-refractivity contribution in [2.75, 3.05) is 26.2 Å². The molecule has 7 nitrogen and oxygen atoms in total. The van der Waals surface area contributed by atoms with Gasteiger partial charge in [-0.1, -0.05) is 13.8 Å². The van der Waals surface area contributed by atoms with E-state index >= 15 is 0 Å². The van der Waals surface area contributed by atoms with Crippen LogP contribution in [0, 0.1) is 19.6 Å². The van der Waals surface area contributed by atoms with Gasteiger partial charge in [-0.25, -0.2) is 0 Å². The second-order valence-corrected chi connectivity index (χ2v) is 7.69. The molecule has 0 N–H and O–H groups in total. The van der Waals surface area contributed by atoms with Gasteiger partial charge in [0.1, 0.15) is 0 Å². The number of halogens is 1. The third-order valence-corrected chi connectivity index (χ3v) is 5.19. The van der Waals surface area contributed by atoms with Crippen molar-refractivity contribution < 1.29 is 14.5 Å². The van der Waals surface area contributed by atoms with Crippen LogP contribution in [0.1, 0.15) is 37.0 Å². The SMILES string of the molecule is CC(C)CCC(=O)N1CCN(C(=O)c2cc([N+](=O)[O-])ccc2I)CC1. The Morgan fingerprint density at radius 1 is 1.20 bits per heavy atom. The maximum Gasteiger partial charge on any atom is 0.270 e. The Morgan fingerprint density at radius 2 is 1.80 bits per heavy atom. The number of nitro groups is 1. The van der Waals surface area contributed by atoms with Gasteiger partial charge in [0.2, 0.25) is 5.91 Å². The number of nitro benzene ring substituents is 1. The Labute approximate surface area is 160 Å². The number of hydrogen-bond acceptors (Lipinski definition) is 4. The summed E-state index contributed by atoms with van der Waals surface area (Å²) < 4.78 is 0.684. The van der Waals surface area contributed by atoms with Crippen molar-refractivity contribution in [3.05, 3.63) is 37.4 Å². The largest absolute Gasteiger partial charge is 0.339 e. The van der Waals surface area contributed by atoms with Gasteiger partial charge in [0.15, 0.2) is 0 Å². The second-order valence-electron chi connectivity index (χ2n) is 6.53. The molecule has 0 unspecified atom stereocenters. The summed E-state index contributed by atoms with van der Waals surface area (Å²) in [5.41, 5.74) is 0.251. The van der Waals surface area contributed by atoms with Crippen molar-refractivity contribution in [3.63, 3.8) is 0 Å². The van der Waals surface area contributed by atoms with Crippen LogP contribution < -0.4 is 0 Å². The Morgan fingerprint density at radius 3 is 2.36 bits per heavy atom. The predicted octanol–water partition coefficient (Wildman–Crippen LogP) is 2.92. The number of carbonyl (C=O) groups is 2. The first kappa shape index (κ1) is 19.6. The molecular formula is C17H22IN3O4. The van der Waals surface area contributed by atoms with Crippen LogP contribution >= 0.6 is 22.6 Å². The van der Waals surface area contributed by atoms with Gasteiger partial charge in [-0.05, 0) is 41.0 Å². The molecule has 0 radical (unpaired) electrons. The van der Waals surface area contributed by atoms with Gasteiger partial charge < -0.3 is 9.80 Å². The maximum atomic E-state index is 12.7. The van der Waals surface area contributed by atoms with Crippen LogP contribution in [0.15, 0.2) is 18.2 Å². The Kier molecular flexibility index (Phi) is 6.74. The van der Waals surface area contributed by atoms with E-state index in [4.69, 9.17) is 0 Å². The lowest BCUT2D eigenvalue weighted by molar-refractivity contribution is -0.384. The molecule has 1 aromatic rings. The highest BCUT2D eigenvalue weighted by molar-refractivity contribution is 14.1. The number of carbonyl (C=O) groups excluding carboxylic acids is 2. The molecule has 2 rings (SSSR count). The van der Waals surface area contributed by atoms with Crippen LogP contribution in [0.25, 0.3) is 0 Å². The fourth-order valence-corrected chi connectivity index (χ4v) is 3.26. The summed E-state index contributed by atoms with van der Waals surface area (Å²) in [6.07, 6.45) is 1.40. The fraction of sp³-hybridized carbons (Fsp3) is 0.529. The monoisotopic (exact) mass is 459 g/mol. The molecule has 1 aliphatic heterocycles. The molecule has 0 saturated carbocycles. The molecular weight excluding hydrogens is 437 g/mol. The van der Waals surface area contributed by atoms with Gasteiger partial charge in [0.05, 0.1) is 10.5 Å². The van der Waals surface area contributed by atoms with Gasteiger partial charge in [0, 0.05) is 48.3 Å². The quantitative estimate of drug-likeness (QED) is 0.385. The van der Waals surface area contributed by atoms with Crippen molar-refractivity contribution in [2.45, 2.75) is 26.7 Å². The van der Waals surface area contributed by atoms with Crippen LogP contribution in [-0.2, 0) is 4.79 Å². The highest BCUT2D eigenvalue weighted by atomic mass is 127. The van der Waals surface area contributed by atoms with Gasteiger partial charge >= 0.3 is 0 Å². The molecule has 136 valence electrons. The lowest BCUT2D eigenvalue weighted by Gasteiger charge is -2.35. The first-order valence-electron chi connectivity index (χ1n) is 8.30. The highest BCUT2D eigenvalue weighted by Crippen LogP contribution is 2.22. The second kappa shape index (κ2) is 8.59. The van der Waals surface area contributed by atoms with E-state index in [1.165, 1.54) is 12.1 Å². The van der Waals surface area contributed by atoms with E-state index in [9.17, 15) is 19.7 Å². The van der Waals surface area contributed by atoms with Crippen molar-refractivity contribution >= 4 is 40.1 Å². The first-order valence-corrected chi connectivity index (χ1v) is 9.38. The zero-order valence-corrected chi connectivity index (χ0v) is 16.6. The molecule has 0 spiro atoms. The molecule has 1 aliphatic rings. The minimum absolute atomic E-state index is 0.0914. The summed E-state index contributed by atoms with van der Waals surface area (Å²) in [6, 6.07) is 4.30. The van der Waals surface area contributed by atoms with Crippen molar-refractivity contribution in [1.29, 1.82) is 0 Å². The third-order valence-electron chi connectivity index (χ3n) is 4.25. The number of piperazine rings is 1. The zero-order chi connectivity index (χ0) is 18.6. The summed E-state index contributed by atoms with van der Waals surface area (Å²) in [7, 11) is 0. The molecule has 0 bridgehead atoms. The standard InChI is InChI=1S/C17H22IN3O4/c1-12(2)3-6-16(22)19-7-9-20(10-8-19)17(23)14-11-13(21(24)25)4-5-15(14)18/h4-5,11-12H,3,6-10H2,1-2H3. The fourth-order valence-electron chi connectivity index (χ4n) is 2.69. The molecule has 0 aromatic heterocycles. The number of non-ortho nitro benzene ring substituents is 1. The summed E-state index contributed by atoms with van der Waals surface area (Å²) in [4.78, 5) is 38.7. The third kappa shape index (κ3) is 5.13. The normalized spacial score (nSPS) is 14.7. The van der Waals surface area contributed by atoms with Crippen LogP contribution in [0.2, 0.25) is 0 Å². The maximum absolute atomic E-state index is 12.7. The molecule has 1 saturated heterocycles. The van der Waals surface area contributed by atoms with Gasteiger partial charge in [0.25, 0.3) is 11.6 Å². The van der Waals surface area contributed by atoms with Crippen molar-refractivity contribution in [3.8, 4) is 0 Å². The number of nitrogens with zero attached hydrogens (tertiary/aromatic N) is 3. The molecule has 0 aliphatic carbocycles. The lowest BCUT2D eigenvalue weighted by atomic mass is 10.1. The molecule has 0 atom stereocenters. The summed E-state index contributed by atoms with van der Waals surface area (Å²) in [5, 5.41) is 10.9. The Hall–Kier alpha value is -1.71. The average molecular weight is 459 g/mol. The minimum Gasteiger partial charge on any atom is -0.339 e. The smallest absolute Gasteiger partial charge is 0.270 e. The lowest BCUT2D eigenvalue weighted by Crippen LogP contribution is -2.50. The highest BCUT2D eigenvalue weighted by Gasteiger charge is 2.26. The summed E-state index contributed by atoms with van der Waals surface area (Å²) in [5.74, 6) is 0.399. The van der Waals surface area contributed by atoms with E-state index in [1.807, 2.05) is 22.6 Å². The van der Waals surface area contributed by atoms with Gasteiger partial charge in [-0.15, -0.1) is 0 Å². The number of rotatable bonds is 5. The zero-order valence-electron chi connectivity index (χ0n) is 14.4. The molecule has 8 heteroatoms. The van der Waals surface area contributed by atoms with Crippen LogP contribution in [0.3, 0.4) is 0 Å². The Balaban J connectivity index is 1.99. The van der Waals surface area contributed by atoms with E-state index in [2.05, 4.69) is 13.8 Å². The van der Waals surface area contributed by atoms with E-state index in [-0.39, 0.29) is 17.5 Å². The average Bonchev–Trinajstić information content (AvgIpc) is 2.59. The van der Waals surface area contributed by atoms with Gasteiger partial charge in [-0.2, -0.15) is 0 Å². The number of amides is 2. The summed E-state index contributed by atoms with van der Waals surface area (Å²) in [6.45, 7) is 6.09. The van der Waals surface area contributed by atoms with E-state index in [0.29, 0.717) is 47.7 Å². The molecule has 1 heterocycles. The van der Waals surface area contributed by atoms with Crippen LogP contribution in [-0.4, -0.2) is 52.7 Å². The predicted molar refractivity (Wildman–Crippen MR) is 102 cm³/mol. The Bertz CT molecular complexity index is 670. The number of hydrogen-bond donors (Lipinski definition) is 0. The number of benzene rings is 1.